The van der Waals surface area contributed by atoms with Crippen LogP contribution >= 0.6 is 15.9 Å². The lowest BCUT2D eigenvalue weighted by molar-refractivity contribution is -0.392. The fourth-order valence-electron chi connectivity index (χ4n) is 3.38. The minimum Gasteiger partial charge on any atom is -0.225 e. The van der Waals surface area contributed by atoms with E-state index in [1.54, 1.807) is 0 Å². The molecule has 0 N–H and O–H groups in total. The molecule has 2 rings (SSSR count). The summed E-state index contributed by atoms with van der Waals surface area (Å²) in [6, 6.07) is 3.89. The maximum Gasteiger partial charge on any atom is 0.457 e. The maximum absolute atomic E-state index is 15.7. The maximum atomic E-state index is 15.7. The quantitative estimate of drug-likeness (QED) is 0.286. The Labute approximate surface area is 180 Å². The van der Waals surface area contributed by atoms with Crippen LogP contribution in [0.25, 0.3) is 0 Å². The number of hydrogen-bond acceptors (Lipinski definition) is 1. The van der Waals surface area contributed by atoms with Gasteiger partial charge in [0.2, 0.25) is 0 Å². The highest BCUT2D eigenvalue weighted by molar-refractivity contribution is 9.11. The number of nitriles is 1. The highest BCUT2D eigenvalue weighted by Gasteiger charge is 2.87. The molecule has 0 spiro atoms. The van der Waals surface area contributed by atoms with Gasteiger partial charge in [0, 0.05) is 12.0 Å². The number of alkyl halides is 12. The first kappa shape index (κ1) is 26.1. The number of hydrogen-bond donors (Lipinski definition) is 0. The fourth-order valence-corrected chi connectivity index (χ4v) is 4.04. The average molecular weight is 546 g/mol. The lowest BCUT2D eigenvalue weighted by Gasteiger charge is -2.48. The van der Waals surface area contributed by atoms with Crippen LogP contribution in [0.15, 0.2) is 46.5 Å². The van der Waals surface area contributed by atoms with Crippen molar-refractivity contribution in [2.24, 2.45) is 0 Å². The first-order valence-corrected chi connectivity index (χ1v) is 8.91. The van der Waals surface area contributed by atoms with Gasteiger partial charge in [-0.05, 0) is 16.1 Å². The van der Waals surface area contributed by atoms with E-state index in [1.165, 1.54) is 6.07 Å². The topological polar surface area (TPSA) is 23.8 Å². The minimum absolute atomic E-state index is 0.147. The molecule has 0 saturated carbocycles. The van der Waals surface area contributed by atoms with Gasteiger partial charge in [-0.1, -0.05) is 46.3 Å². The number of halogens is 13. The van der Waals surface area contributed by atoms with E-state index in [-0.39, 0.29) is 6.08 Å². The molecular weight excluding hydrogens is 538 g/mol. The largest absolute Gasteiger partial charge is 0.457 e. The van der Waals surface area contributed by atoms with Crippen molar-refractivity contribution >= 4 is 15.9 Å². The summed E-state index contributed by atoms with van der Waals surface area (Å²) >= 11 is 2.39. The van der Waals surface area contributed by atoms with Crippen molar-refractivity contribution in [1.29, 1.82) is 5.26 Å². The van der Waals surface area contributed by atoms with Crippen molar-refractivity contribution in [1.82, 2.24) is 0 Å². The average Bonchev–Trinajstić information content (AvgIpc) is 2.63. The Bertz CT molecular complexity index is 995. The standard InChI is InChI=1S/C18H8BrF12N/c19-11-5-10(14(20,21)22)6-13(7-11,12-4-2-1-3-9(12)8-32)15(23,17(26,27)28)16(24,25)18(29,30)31/h1-4,6-7H,5H2. The highest BCUT2D eigenvalue weighted by Crippen LogP contribution is 2.64. The molecule has 32 heavy (non-hydrogen) atoms. The molecule has 0 bridgehead atoms. The summed E-state index contributed by atoms with van der Waals surface area (Å²) in [4.78, 5) is 0. The Morgan fingerprint density at radius 1 is 0.812 bits per heavy atom. The summed E-state index contributed by atoms with van der Waals surface area (Å²) in [5.41, 5.74) is -15.7. The van der Waals surface area contributed by atoms with Crippen molar-refractivity contribution in [3.05, 3.63) is 57.6 Å². The molecule has 2 unspecified atom stereocenters. The third kappa shape index (κ3) is 3.78. The molecule has 14 heteroatoms. The summed E-state index contributed by atoms with van der Waals surface area (Å²) in [5.74, 6) is -7.24. The van der Waals surface area contributed by atoms with Gasteiger partial charge in [0.15, 0.2) is 0 Å². The van der Waals surface area contributed by atoms with Gasteiger partial charge in [0.05, 0.1) is 17.0 Å². The van der Waals surface area contributed by atoms with Crippen molar-refractivity contribution in [3.63, 3.8) is 0 Å². The predicted octanol–water partition coefficient (Wildman–Crippen LogP) is 7.44. The first-order valence-electron chi connectivity index (χ1n) is 8.12. The molecule has 0 saturated heterocycles. The molecule has 1 nitrogen and oxygen atoms in total. The van der Waals surface area contributed by atoms with Crippen molar-refractivity contribution in [3.8, 4) is 6.07 Å². The van der Waals surface area contributed by atoms with Crippen LogP contribution in [0.4, 0.5) is 52.7 Å². The van der Waals surface area contributed by atoms with E-state index in [9.17, 15) is 48.3 Å². The number of rotatable bonds is 3. The van der Waals surface area contributed by atoms with E-state index >= 15 is 4.39 Å². The van der Waals surface area contributed by atoms with Crippen LogP contribution in [0.2, 0.25) is 0 Å². The van der Waals surface area contributed by atoms with Crippen LogP contribution < -0.4 is 0 Å². The zero-order chi connectivity index (χ0) is 25.0. The zero-order valence-corrected chi connectivity index (χ0v) is 16.6. The summed E-state index contributed by atoms with van der Waals surface area (Å²) in [7, 11) is 0. The molecule has 1 aliphatic carbocycles. The Morgan fingerprint density at radius 2 is 1.34 bits per heavy atom. The smallest absolute Gasteiger partial charge is 0.225 e. The Balaban J connectivity index is 3.21. The van der Waals surface area contributed by atoms with Crippen molar-refractivity contribution in [2.45, 2.75) is 42.0 Å². The predicted molar refractivity (Wildman–Crippen MR) is 89.5 cm³/mol. The fraction of sp³-hybridized carbons (Fsp3) is 0.389. The van der Waals surface area contributed by atoms with Crippen molar-refractivity contribution in [2.75, 3.05) is 0 Å². The summed E-state index contributed by atoms with van der Waals surface area (Å²) < 4.78 is 164. The normalized spacial score (nSPS) is 22.5. The molecule has 176 valence electrons. The van der Waals surface area contributed by atoms with Gasteiger partial charge in [-0.3, -0.25) is 0 Å². The van der Waals surface area contributed by atoms with Crippen LogP contribution in [-0.2, 0) is 5.41 Å². The SMILES string of the molecule is N#Cc1ccccc1C1(C(F)(C(F)(F)F)C(F)(F)C(F)(F)F)C=C(Br)CC(C(F)(F)F)=C1. The lowest BCUT2D eigenvalue weighted by atomic mass is 9.61. The number of nitrogens with zero attached hydrogens (tertiary/aromatic N) is 1. The Hall–Kier alpha value is -2.17. The third-order valence-corrected chi connectivity index (χ3v) is 5.26. The van der Waals surface area contributed by atoms with Gasteiger partial charge >= 0.3 is 24.5 Å². The number of allylic oxidation sites excluding steroid dienone is 4. The van der Waals surface area contributed by atoms with Crippen LogP contribution in [-0.4, -0.2) is 30.1 Å². The van der Waals surface area contributed by atoms with Crippen LogP contribution in [0.5, 0.6) is 0 Å². The van der Waals surface area contributed by atoms with E-state index in [0.29, 0.717) is 12.1 Å². The summed E-state index contributed by atoms with van der Waals surface area (Å²) in [6.45, 7) is 0. The minimum atomic E-state index is -7.24. The van der Waals surface area contributed by atoms with Crippen LogP contribution in [0.3, 0.4) is 0 Å². The van der Waals surface area contributed by atoms with Crippen LogP contribution in [0.1, 0.15) is 17.5 Å². The molecule has 0 aromatic heterocycles. The molecule has 1 aromatic carbocycles. The molecule has 0 radical (unpaired) electrons. The van der Waals surface area contributed by atoms with E-state index in [2.05, 4.69) is 15.9 Å². The highest BCUT2D eigenvalue weighted by atomic mass is 79.9. The van der Waals surface area contributed by atoms with Crippen molar-refractivity contribution < 1.29 is 52.7 Å². The summed E-state index contributed by atoms with van der Waals surface area (Å²) in [5, 5.41) is 9.15. The second kappa shape index (κ2) is 7.71. The van der Waals surface area contributed by atoms with E-state index in [4.69, 9.17) is 5.26 Å². The van der Waals surface area contributed by atoms with Gasteiger partial charge in [-0.15, -0.1) is 0 Å². The second-order valence-corrected chi connectivity index (χ2v) is 7.71. The van der Waals surface area contributed by atoms with Gasteiger partial charge in [-0.2, -0.15) is 53.6 Å². The molecule has 0 heterocycles. The first-order chi connectivity index (χ1) is 14.3. The molecule has 0 fully saturated rings. The van der Waals surface area contributed by atoms with Gasteiger partial charge in [0.25, 0.3) is 5.67 Å². The molecular formula is C18H8BrF12N. The van der Waals surface area contributed by atoms with Gasteiger partial charge < -0.3 is 0 Å². The Kier molecular flexibility index (Phi) is 6.28. The molecule has 0 aliphatic heterocycles. The zero-order valence-electron chi connectivity index (χ0n) is 15.0. The van der Waals surface area contributed by atoms with E-state index in [0.717, 1.165) is 12.1 Å². The van der Waals surface area contributed by atoms with Gasteiger partial charge in [-0.25, -0.2) is 4.39 Å². The molecule has 2 atom stereocenters. The monoisotopic (exact) mass is 545 g/mol. The Morgan fingerprint density at radius 3 is 1.78 bits per heavy atom. The number of benzene rings is 1. The van der Waals surface area contributed by atoms with Crippen LogP contribution in [0, 0.1) is 11.3 Å². The third-order valence-electron chi connectivity index (χ3n) is 4.75. The lowest BCUT2D eigenvalue weighted by Crippen LogP contribution is -2.71. The van der Waals surface area contributed by atoms with Gasteiger partial charge in [0.1, 0.15) is 0 Å². The van der Waals surface area contributed by atoms with E-state index in [1.807, 2.05) is 0 Å². The molecule has 0 amide bonds. The molecule has 1 aliphatic rings. The molecule has 1 aromatic rings. The summed E-state index contributed by atoms with van der Waals surface area (Å²) in [6.07, 6.45) is -21.9. The van der Waals surface area contributed by atoms with E-state index < -0.39 is 69.2 Å². The second-order valence-electron chi connectivity index (χ2n) is 6.69.